The zero-order valence-electron chi connectivity index (χ0n) is 17.5. The molecule has 0 fully saturated rings. The van der Waals surface area contributed by atoms with Crippen molar-refractivity contribution in [3.05, 3.63) is 54.1 Å². The van der Waals surface area contributed by atoms with Crippen molar-refractivity contribution in [2.24, 2.45) is 0 Å². The highest BCUT2D eigenvalue weighted by molar-refractivity contribution is 7.85. The van der Waals surface area contributed by atoms with Gasteiger partial charge in [-0.1, -0.05) is 82.9 Å². The summed E-state index contributed by atoms with van der Waals surface area (Å²) in [6, 6.07) is 13.8. The Balaban J connectivity index is 1.75. The number of rotatable bonds is 14. The van der Waals surface area contributed by atoms with Crippen LogP contribution in [0.1, 0.15) is 76.7 Å². The van der Waals surface area contributed by atoms with Crippen molar-refractivity contribution in [3.8, 4) is 11.5 Å². The molecule has 160 valence electrons. The van der Waals surface area contributed by atoms with Crippen LogP contribution in [0.4, 0.5) is 0 Å². The van der Waals surface area contributed by atoms with Crippen LogP contribution in [0, 0.1) is 0 Å². The normalized spacial score (nSPS) is 11.5. The Kier molecular flexibility index (Phi) is 10.2. The summed E-state index contributed by atoms with van der Waals surface area (Å²) >= 11 is 0. The molecule has 2 rings (SSSR count). The maximum absolute atomic E-state index is 11.1. The first kappa shape index (κ1) is 23.4. The van der Waals surface area contributed by atoms with Crippen LogP contribution in [0.5, 0.6) is 11.5 Å². The van der Waals surface area contributed by atoms with Crippen molar-refractivity contribution in [3.63, 3.8) is 0 Å². The van der Waals surface area contributed by atoms with Crippen LogP contribution in [-0.2, 0) is 16.5 Å². The van der Waals surface area contributed by atoms with E-state index in [0.717, 1.165) is 24.2 Å². The summed E-state index contributed by atoms with van der Waals surface area (Å²) in [5.41, 5.74) is 1.16. The molecule has 2 aromatic rings. The van der Waals surface area contributed by atoms with Crippen LogP contribution in [0.15, 0.2) is 53.4 Å². The minimum absolute atomic E-state index is 0.136. The van der Waals surface area contributed by atoms with Gasteiger partial charge in [0.05, 0.1) is 4.90 Å². The highest BCUT2D eigenvalue weighted by Crippen LogP contribution is 2.27. The fourth-order valence-electron chi connectivity index (χ4n) is 3.42. The molecule has 4 nitrogen and oxygen atoms in total. The van der Waals surface area contributed by atoms with Crippen molar-refractivity contribution in [1.82, 2.24) is 0 Å². The van der Waals surface area contributed by atoms with Crippen molar-refractivity contribution >= 4 is 10.1 Å². The van der Waals surface area contributed by atoms with Gasteiger partial charge in [0, 0.05) is 0 Å². The third kappa shape index (κ3) is 9.01. The highest BCUT2D eigenvalue weighted by Gasteiger charge is 2.10. The van der Waals surface area contributed by atoms with E-state index in [1.165, 1.54) is 69.9 Å². The van der Waals surface area contributed by atoms with Gasteiger partial charge in [0.15, 0.2) is 0 Å². The topological polar surface area (TPSA) is 63.6 Å². The number of benzene rings is 2. The Morgan fingerprint density at radius 2 is 1.31 bits per heavy atom. The Morgan fingerprint density at radius 1 is 0.759 bits per heavy atom. The van der Waals surface area contributed by atoms with Crippen molar-refractivity contribution < 1.29 is 17.7 Å². The van der Waals surface area contributed by atoms with Crippen LogP contribution in [0.2, 0.25) is 0 Å². The third-order valence-corrected chi connectivity index (χ3v) is 5.99. The van der Waals surface area contributed by atoms with Crippen molar-refractivity contribution in [2.45, 2.75) is 82.4 Å². The molecule has 1 N–H and O–H groups in total. The second-order valence-electron chi connectivity index (χ2n) is 7.59. The molecule has 0 atom stereocenters. The Hall–Kier alpha value is -1.85. The van der Waals surface area contributed by atoms with Gasteiger partial charge in [0.25, 0.3) is 10.1 Å². The number of aryl methyl sites for hydroxylation is 1. The van der Waals surface area contributed by atoms with E-state index in [0.29, 0.717) is 5.75 Å². The Labute approximate surface area is 176 Å². The van der Waals surface area contributed by atoms with Gasteiger partial charge in [-0.3, -0.25) is 4.55 Å². The van der Waals surface area contributed by atoms with E-state index in [4.69, 9.17) is 9.29 Å². The molecule has 0 saturated carbocycles. The summed E-state index contributed by atoms with van der Waals surface area (Å²) in [6.07, 6.45) is 14.1. The van der Waals surface area contributed by atoms with E-state index < -0.39 is 10.1 Å². The average Bonchev–Trinajstić information content (AvgIpc) is 2.70. The van der Waals surface area contributed by atoms with Gasteiger partial charge in [-0.25, -0.2) is 0 Å². The van der Waals surface area contributed by atoms with E-state index in [1.807, 2.05) is 18.2 Å². The van der Waals surface area contributed by atoms with E-state index in [2.05, 4.69) is 13.0 Å². The predicted molar refractivity (Wildman–Crippen MR) is 118 cm³/mol. The molecule has 0 spiro atoms. The Morgan fingerprint density at radius 3 is 1.90 bits per heavy atom. The van der Waals surface area contributed by atoms with E-state index in [9.17, 15) is 8.42 Å². The summed E-state index contributed by atoms with van der Waals surface area (Å²) < 4.78 is 37.3. The second kappa shape index (κ2) is 12.7. The number of hydrogen-bond donors (Lipinski definition) is 1. The quantitative estimate of drug-likeness (QED) is 0.260. The maximum atomic E-state index is 11.1. The minimum atomic E-state index is -4.18. The molecule has 0 amide bonds. The molecule has 0 unspecified atom stereocenters. The van der Waals surface area contributed by atoms with Gasteiger partial charge in [0.1, 0.15) is 11.5 Å². The molecule has 5 heteroatoms. The highest BCUT2D eigenvalue weighted by atomic mass is 32.2. The smallest absolute Gasteiger partial charge is 0.294 e. The number of hydrogen-bond acceptors (Lipinski definition) is 3. The van der Waals surface area contributed by atoms with Crippen LogP contribution in [0.3, 0.4) is 0 Å². The Bertz CT molecular complexity index is 813. The lowest BCUT2D eigenvalue weighted by molar-refractivity contribution is 0.471. The molecule has 0 heterocycles. The van der Waals surface area contributed by atoms with Crippen LogP contribution in [-0.4, -0.2) is 13.0 Å². The third-order valence-electron chi connectivity index (χ3n) is 5.12. The predicted octanol–water partition coefficient (Wildman–Crippen LogP) is 7.19. The molecular weight excluding hydrogens is 384 g/mol. The van der Waals surface area contributed by atoms with E-state index in [-0.39, 0.29) is 4.90 Å². The van der Waals surface area contributed by atoms with Gasteiger partial charge in [-0.05, 0) is 48.7 Å². The summed E-state index contributed by atoms with van der Waals surface area (Å²) in [4.78, 5) is -0.136. The molecule has 0 aromatic heterocycles. The van der Waals surface area contributed by atoms with Gasteiger partial charge in [-0.2, -0.15) is 8.42 Å². The number of unbranched alkanes of at least 4 members (excludes halogenated alkanes) is 9. The van der Waals surface area contributed by atoms with Crippen LogP contribution >= 0.6 is 0 Å². The largest absolute Gasteiger partial charge is 0.457 e. The molecule has 0 bridgehead atoms. The van der Waals surface area contributed by atoms with Gasteiger partial charge in [-0.15, -0.1) is 0 Å². The SMILES string of the molecule is CCCCCCCCCCCCc1ccccc1Oc1ccc(S(=O)(=O)O)cc1. The molecule has 0 aliphatic rings. The zero-order valence-corrected chi connectivity index (χ0v) is 18.3. The average molecular weight is 419 g/mol. The maximum Gasteiger partial charge on any atom is 0.294 e. The molecule has 0 aliphatic carbocycles. The lowest BCUT2D eigenvalue weighted by Crippen LogP contribution is -1.97. The number of ether oxygens (including phenoxy) is 1. The summed E-state index contributed by atoms with van der Waals surface area (Å²) in [5, 5.41) is 0. The van der Waals surface area contributed by atoms with Crippen LogP contribution in [0.25, 0.3) is 0 Å². The first-order valence-electron chi connectivity index (χ1n) is 10.8. The summed E-state index contributed by atoms with van der Waals surface area (Å²) in [6.45, 7) is 2.25. The first-order chi connectivity index (χ1) is 14.0. The zero-order chi connectivity index (χ0) is 21.0. The molecule has 0 saturated heterocycles. The first-order valence-corrected chi connectivity index (χ1v) is 12.3. The molecule has 0 radical (unpaired) electrons. The summed E-state index contributed by atoms with van der Waals surface area (Å²) in [7, 11) is -4.18. The molecular formula is C24H34O4S. The monoisotopic (exact) mass is 418 g/mol. The van der Waals surface area contributed by atoms with Crippen molar-refractivity contribution in [1.29, 1.82) is 0 Å². The fraction of sp³-hybridized carbons (Fsp3) is 0.500. The van der Waals surface area contributed by atoms with Crippen LogP contribution < -0.4 is 4.74 Å². The lowest BCUT2D eigenvalue weighted by atomic mass is 10.0. The van der Waals surface area contributed by atoms with Gasteiger partial charge < -0.3 is 4.74 Å². The lowest BCUT2D eigenvalue weighted by Gasteiger charge is -2.11. The minimum Gasteiger partial charge on any atom is -0.457 e. The fourth-order valence-corrected chi connectivity index (χ4v) is 3.90. The van der Waals surface area contributed by atoms with Gasteiger partial charge in [0.2, 0.25) is 0 Å². The van der Waals surface area contributed by atoms with Crippen molar-refractivity contribution in [2.75, 3.05) is 0 Å². The van der Waals surface area contributed by atoms with Gasteiger partial charge >= 0.3 is 0 Å². The van der Waals surface area contributed by atoms with E-state index in [1.54, 1.807) is 12.1 Å². The number of para-hydroxylation sites is 1. The standard InChI is InChI=1S/C24H34O4S/c1-2-3-4-5-6-7-8-9-10-11-14-21-15-12-13-16-24(21)28-22-17-19-23(20-18-22)29(25,26)27/h12-13,15-20H,2-11,14H2,1H3,(H,25,26,27). The molecule has 2 aromatic carbocycles. The van der Waals surface area contributed by atoms with E-state index >= 15 is 0 Å². The second-order valence-corrected chi connectivity index (χ2v) is 9.01. The molecule has 0 aliphatic heterocycles. The molecule has 29 heavy (non-hydrogen) atoms. The summed E-state index contributed by atoms with van der Waals surface area (Å²) in [5.74, 6) is 1.34.